The summed E-state index contributed by atoms with van der Waals surface area (Å²) in [6.07, 6.45) is -4.52. The summed E-state index contributed by atoms with van der Waals surface area (Å²) < 4.78 is 45.3. The predicted molar refractivity (Wildman–Crippen MR) is 88.9 cm³/mol. The summed E-state index contributed by atoms with van der Waals surface area (Å²) in [5, 5.41) is 31.5. The van der Waals surface area contributed by atoms with Crippen LogP contribution in [-0.4, -0.2) is 44.1 Å². The Labute approximate surface area is 151 Å². The SMILES string of the molecule is COCCn1nnnc1-c1cc(-c2cccc(C(F)(F)F)c2)c(O)cc1O. The molecule has 3 rings (SSSR count). The number of benzene rings is 2. The van der Waals surface area contributed by atoms with E-state index in [0.717, 1.165) is 18.2 Å². The first-order valence-corrected chi connectivity index (χ1v) is 7.80. The van der Waals surface area contributed by atoms with Crippen molar-refractivity contribution < 1.29 is 28.1 Å². The zero-order valence-electron chi connectivity index (χ0n) is 14.1. The van der Waals surface area contributed by atoms with Gasteiger partial charge in [-0.25, -0.2) is 4.68 Å². The molecule has 0 aliphatic carbocycles. The number of phenols is 2. The molecule has 27 heavy (non-hydrogen) atoms. The van der Waals surface area contributed by atoms with Crippen LogP contribution in [-0.2, 0) is 17.5 Å². The van der Waals surface area contributed by atoms with Crippen molar-refractivity contribution in [2.75, 3.05) is 13.7 Å². The molecule has 3 aromatic rings. The van der Waals surface area contributed by atoms with Crippen molar-refractivity contribution in [3.8, 4) is 34.0 Å². The summed E-state index contributed by atoms with van der Waals surface area (Å²) in [5.74, 6) is -0.485. The second kappa shape index (κ2) is 7.23. The number of tetrazole rings is 1. The molecule has 7 nitrogen and oxygen atoms in total. The van der Waals surface area contributed by atoms with Crippen LogP contribution in [0.15, 0.2) is 36.4 Å². The van der Waals surface area contributed by atoms with E-state index in [4.69, 9.17) is 4.74 Å². The van der Waals surface area contributed by atoms with E-state index in [2.05, 4.69) is 15.5 Å². The molecule has 0 fully saturated rings. The Bertz CT molecular complexity index is 957. The number of aromatic nitrogens is 4. The summed E-state index contributed by atoms with van der Waals surface area (Å²) >= 11 is 0. The van der Waals surface area contributed by atoms with Crippen molar-refractivity contribution in [3.05, 3.63) is 42.0 Å². The Hall–Kier alpha value is -3.14. The van der Waals surface area contributed by atoms with Crippen LogP contribution < -0.4 is 0 Å². The van der Waals surface area contributed by atoms with E-state index in [9.17, 15) is 23.4 Å². The zero-order valence-corrected chi connectivity index (χ0v) is 14.1. The summed E-state index contributed by atoms with van der Waals surface area (Å²) in [5.41, 5.74) is -0.435. The standard InChI is InChI=1S/C17H15F3N4O3/c1-27-6-5-24-16(21-22-23-24)13-8-12(14(25)9-15(13)26)10-3-2-4-11(7-10)17(18,19)20/h2-4,7-9,25-26H,5-6H2,1H3. The van der Waals surface area contributed by atoms with E-state index >= 15 is 0 Å². The number of nitrogens with zero attached hydrogens (tertiary/aromatic N) is 4. The van der Waals surface area contributed by atoms with E-state index in [1.807, 2.05) is 0 Å². The number of phenolic OH excluding ortho intramolecular Hbond substituents is 2. The monoisotopic (exact) mass is 380 g/mol. The number of halogens is 3. The van der Waals surface area contributed by atoms with Gasteiger partial charge in [0, 0.05) is 18.7 Å². The molecule has 0 saturated heterocycles. The van der Waals surface area contributed by atoms with E-state index in [1.165, 1.54) is 30.0 Å². The fourth-order valence-corrected chi connectivity index (χ4v) is 2.58. The average molecular weight is 380 g/mol. The van der Waals surface area contributed by atoms with E-state index in [-0.39, 0.29) is 34.0 Å². The number of rotatable bonds is 5. The first kappa shape index (κ1) is 18.6. The molecule has 2 N–H and O–H groups in total. The van der Waals surface area contributed by atoms with Crippen molar-refractivity contribution in [1.82, 2.24) is 20.2 Å². The highest BCUT2D eigenvalue weighted by Crippen LogP contribution is 2.40. The van der Waals surface area contributed by atoms with Gasteiger partial charge < -0.3 is 14.9 Å². The van der Waals surface area contributed by atoms with E-state index < -0.39 is 11.7 Å². The van der Waals surface area contributed by atoms with Crippen molar-refractivity contribution in [3.63, 3.8) is 0 Å². The van der Waals surface area contributed by atoms with Gasteiger partial charge in [-0.3, -0.25) is 0 Å². The molecular formula is C17H15F3N4O3. The van der Waals surface area contributed by atoms with Gasteiger partial charge in [-0.1, -0.05) is 12.1 Å². The molecule has 0 amide bonds. The van der Waals surface area contributed by atoms with Crippen molar-refractivity contribution in [2.45, 2.75) is 12.7 Å². The molecule has 142 valence electrons. The van der Waals surface area contributed by atoms with Gasteiger partial charge >= 0.3 is 6.18 Å². The van der Waals surface area contributed by atoms with Gasteiger partial charge in [0.2, 0.25) is 0 Å². The predicted octanol–water partition coefficient (Wildman–Crippen LogP) is 3.08. The molecule has 0 aliphatic heterocycles. The second-order valence-electron chi connectivity index (χ2n) is 5.68. The molecule has 0 aliphatic rings. The van der Waals surface area contributed by atoms with Gasteiger partial charge in [0.05, 0.1) is 24.3 Å². The van der Waals surface area contributed by atoms with Crippen LogP contribution in [0.2, 0.25) is 0 Å². The Morgan fingerprint density at radius 2 is 1.81 bits per heavy atom. The number of aromatic hydroxyl groups is 2. The fourth-order valence-electron chi connectivity index (χ4n) is 2.58. The van der Waals surface area contributed by atoms with Gasteiger partial charge in [-0.15, -0.1) is 5.10 Å². The number of alkyl halides is 3. The third-order valence-electron chi connectivity index (χ3n) is 3.89. The molecule has 0 atom stereocenters. The summed E-state index contributed by atoms with van der Waals surface area (Å²) in [7, 11) is 1.51. The molecule has 1 aromatic heterocycles. The van der Waals surface area contributed by atoms with Crippen molar-refractivity contribution in [1.29, 1.82) is 0 Å². The summed E-state index contributed by atoms with van der Waals surface area (Å²) in [6, 6.07) is 6.91. The maximum Gasteiger partial charge on any atom is 0.416 e. The van der Waals surface area contributed by atoms with Gasteiger partial charge in [0.25, 0.3) is 0 Å². The normalized spacial score (nSPS) is 11.7. The van der Waals surface area contributed by atoms with Gasteiger partial charge in [0.15, 0.2) is 5.82 Å². The minimum absolute atomic E-state index is 0.107. The highest BCUT2D eigenvalue weighted by molar-refractivity contribution is 5.79. The Kier molecular flexibility index (Phi) is 5.00. The van der Waals surface area contributed by atoms with Crippen LogP contribution in [0.1, 0.15) is 5.56 Å². The molecule has 0 radical (unpaired) electrons. The van der Waals surface area contributed by atoms with E-state index in [1.54, 1.807) is 0 Å². The van der Waals surface area contributed by atoms with Crippen LogP contribution in [0.5, 0.6) is 11.5 Å². The van der Waals surface area contributed by atoms with Gasteiger partial charge in [0.1, 0.15) is 11.5 Å². The van der Waals surface area contributed by atoms with Crippen LogP contribution in [0.3, 0.4) is 0 Å². The molecular weight excluding hydrogens is 365 g/mol. The van der Waals surface area contributed by atoms with Crippen molar-refractivity contribution in [2.24, 2.45) is 0 Å². The number of methoxy groups -OCH3 is 1. The molecule has 0 spiro atoms. The quantitative estimate of drug-likeness (QED) is 0.707. The highest BCUT2D eigenvalue weighted by atomic mass is 19.4. The van der Waals surface area contributed by atoms with Gasteiger partial charge in [-0.2, -0.15) is 13.2 Å². The largest absolute Gasteiger partial charge is 0.507 e. The smallest absolute Gasteiger partial charge is 0.416 e. The lowest BCUT2D eigenvalue weighted by atomic mass is 9.99. The van der Waals surface area contributed by atoms with Crippen LogP contribution in [0.4, 0.5) is 13.2 Å². The highest BCUT2D eigenvalue weighted by Gasteiger charge is 2.30. The third kappa shape index (κ3) is 3.85. The molecule has 2 aromatic carbocycles. The first-order valence-electron chi connectivity index (χ1n) is 7.80. The zero-order chi connectivity index (χ0) is 19.6. The van der Waals surface area contributed by atoms with Crippen LogP contribution in [0.25, 0.3) is 22.5 Å². The molecule has 1 heterocycles. The Balaban J connectivity index is 2.10. The van der Waals surface area contributed by atoms with E-state index in [0.29, 0.717) is 13.2 Å². The van der Waals surface area contributed by atoms with Crippen LogP contribution >= 0.6 is 0 Å². The average Bonchev–Trinajstić information content (AvgIpc) is 3.07. The number of ether oxygens (including phenoxy) is 1. The lowest BCUT2D eigenvalue weighted by Gasteiger charge is -2.12. The minimum atomic E-state index is -4.52. The van der Waals surface area contributed by atoms with Crippen molar-refractivity contribution >= 4 is 0 Å². The number of hydrogen-bond acceptors (Lipinski definition) is 6. The molecule has 0 bridgehead atoms. The minimum Gasteiger partial charge on any atom is -0.507 e. The maximum absolute atomic E-state index is 13.0. The molecule has 0 saturated carbocycles. The maximum atomic E-state index is 13.0. The van der Waals surface area contributed by atoms with Crippen LogP contribution in [0, 0.1) is 0 Å². The molecule has 0 unspecified atom stereocenters. The number of hydrogen-bond donors (Lipinski definition) is 2. The lowest BCUT2D eigenvalue weighted by molar-refractivity contribution is -0.137. The van der Waals surface area contributed by atoms with Gasteiger partial charge in [-0.05, 0) is 34.2 Å². The second-order valence-corrected chi connectivity index (χ2v) is 5.68. The lowest BCUT2D eigenvalue weighted by Crippen LogP contribution is -2.08. The Morgan fingerprint density at radius 1 is 1.07 bits per heavy atom. The first-order chi connectivity index (χ1) is 12.8. The summed E-state index contributed by atoms with van der Waals surface area (Å²) in [4.78, 5) is 0. The molecule has 10 heteroatoms. The third-order valence-corrected chi connectivity index (χ3v) is 3.89. The Morgan fingerprint density at radius 3 is 2.52 bits per heavy atom. The fraction of sp³-hybridized carbons (Fsp3) is 0.235. The topological polar surface area (TPSA) is 93.3 Å². The summed E-state index contributed by atoms with van der Waals surface area (Å²) in [6.45, 7) is 0.620.